The number of hydrogen-bond donors (Lipinski definition) is 1. The molecular formula is C31H33N5O4S. The number of fused-ring (bicyclic) bond motifs is 3. The second-order valence-electron chi connectivity index (χ2n) is 12.3. The lowest BCUT2D eigenvalue weighted by Crippen LogP contribution is -2.35. The Morgan fingerprint density at radius 1 is 1.07 bits per heavy atom. The van der Waals surface area contributed by atoms with Crippen LogP contribution in [0.1, 0.15) is 48.8 Å². The number of carbonyl (C=O) groups excluding carboxylic acids is 3. The summed E-state index contributed by atoms with van der Waals surface area (Å²) in [7, 11) is 3.43. The predicted octanol–water partition coefficient (Wildman–Crippen LogP) is 3.45. The number of aryl methyl sites for hydroxylation is 1. The maximum Gasteiger partial charge on any atom is 0.330 e. The Morgan fingerprint density at radius 3 is 2.63 bits per heavy atom. The van der Waals surface area contributed by atoms with E-state index in [1.54, 1.807) is 24.7 Å². The number of aliphatic imine (C=N–C) groups is 1. The van der Waals surface area contributed by atoms with Crippen molar-refractivity contribution in [1.29, 1.82) is 0 Å². The first-order valence-corrected chi connectivity index (χ1v) is 14.9. The van der Waals surface area contributed by atoms with Crippen LogP contribution in [0.2, 0.25) is 0 Å². The molecule has 5 unspecified atom stereocenters. The first-order chi connectivity index (χ1) is 19.7. The molecule has 0 radical (unpaired) electrons. The van der Waals surface area contributed by atoms with E-state index in [0.29, 0.717) is 28.8 Å². The van der Waals surface area contributed by atoms with Crippen LogP contribution in [0.4, 0.5) is 10.6 Å². The summed E-state index contributed by atoms with van der Waals surface area (Å²) in [4.78, 5) is 57.6. The Morgan fingerprint density at radius 2 is 1.85 bits per heavy atom. The van der Waals surface area contributed by atoms with Crippen LogP contribution in [0.25, 0.3) is 6.08 Å². The van der Waals surface area contributed by atoms with Gasteiger partial charge in [0.2, 0.25) is 0 Å². The van der Waals surface area contributed by atoms with Crippen LogP contribution < -0.4 is 11.0 Å². The number of nitrogens with one attached hydrogen (secondary N) is 1. The summed E-state index contributed by atoms with van der Waals surface area (Å²) in [5.41, 5.74) is 3.02. The fourth-order valence-electron chi connectivity index (χ4n) is 7.53. The van der Waals surface area contributed by atoms with Crippen LogP contribution in [0.15, 0.2) is 39.6 Å². The number of aromatic nitrogens is 2. The van der Waals surface area contributed by atoms with Gasteiger partial charge in [0.15, 0.2) is 11.6 Å². The number of Topliss-reactive ketones (excluding diaryl/α,β-unsaturated/α-hetero) is 2. The molecule has 212 valence electrons. The SMILES string of the molecule is Cn1c2c(c(=S)n(C)c1=O)CCC(CCc1ccc(/C=C3/C(=O)CCC45CC4C4C5N4C(=O)NCC3=O)cc1)C=N2. The van der Waals surface area contributed by atoms with Crippen molar-refractivity contribution in [3.8, 4) is 0 Å². The minimum atomic E-state index is -0.340. The molecule has 3 aliphatic heterocycles. The monoisotopic (exact) mass is 571 g/mol. The van der Waals surface area contributed by atoms with Gasteiger partial charge >= 0.3 is 11.7 Å². The average molecular weight is 572 g/mol. The van der Waals surface area contributed by atoms with Crippen LogP contribution in [-0.4, -0.2) is 56.5 Å². The molecule has 7 rings (SSSR count). The molecule has 1 aromatic carbocycles. The van der Waals surface area contributed by atoms with E-state index in [9.17, 15) is 19.2 Å². The average Bonchev–Trinajstić information content (AvgIpc) is 3.85. The normalized spacial score (nSPS) is 30.8. The van der Waals surface area contributed by atoms with Gasteiger partial charge in [-0.1, -0.05) is 36.5 Å². The van der Waals surface area contributed by atoms with Crippen molar-refractivity contribution in [2.24, 2.45) is 36.3 Å². The number of rotatable bonds is 4. The Labute approximate surface area is 243 Å². The molecule has 2 saturated heterocycles. The highest BCUT2D eigenvalue weighted by Crippen LogP contribution is 2.80. The van der Waals surface area contributed by atoms with Gasteiger partial charge in [-0.25, -0.2) is 14.6 Å². The maximum atomic E-state index is 13.2. The summed E-state index contributed by atoms with van der Waals surface area (Å²) >= 11 is 5.52. The highest BCUT2D eigenvalue weighted by atomic mass is 32.1. The number of amides is 2. The van der Waals surface area contributed by atoms with Gasteiger partial charge in [0.1, 0.15) is 10.5 Å². The number of urea groups is 1. The third-order valence-electron chi connectivity index (χ3n) is 10.1. The lowest BCUT2D eigenvalue weighted by Gasteiger charge is -2.21. The molecule has 4 heterocycles. The molecule has 2 aliphatic carbocycles. The lowest BCUT2D eigenvalue weighted by molar-refractivity contribution is -0.121. The van der Waals surface area contributed by atoms with E-state index in [1.165, 1.54) is 4.57 Å². The third-order valence-corrected chi connectivity index (χ3v) is 10.6. The highest BCUT2D eigenvalue weighted by molar-refractivity contribution is 7.71. The van der Waals surface area contributed by atoms with E-state index >= 15 is 0 Å². The van der Waals surface area contributed by atoms with Gasteiger partial charge < -0.3 is 10.2 Å². The fraction of sp³-hybridized carbons (Fsp3) is 0.484. The van der Waals surface area contributed by atoms with Crippen molar-refractivity contribution in [2.45, 2.75) is 57.0 Å². The molecule has 4 fully saturated rings. The van der Waals surface area contributed by atoms with Crippen molar-refractivity contribution in [3.63, 3.8) is 0 Å². The number of nitrogens with zero attached hydrogens (tertiary/aromatic N) is 4. The molecule has 2 aromatic rings. The van der Waals surface area contributed by atoms with E-state index in [2.05, 4.69) is 10.3 Å². The summed E-state index contributed by atoms with van der Waals surface area (Å²) < 4.78 is 3.62. The summed E-state index contributed by atoms with van der Waals surface area (Å²) in [6, 6.07) is 8.37. The van der Waals surface area contributed by atoms with Crippen LogP contribution in [-0.2, 0) is 36.5 Å². The topological polar surface area (TPSA) is 106 Å². The lowest BCUT2D eigenvalue weighted by atomic mass is 9.80. The van der Waals surface area contributed by atoms with Gasteiger partial charge in [0.25, 0.3) is 0 Å². The molecule has 5 aliphatic rings. The molecule has 41 heavy (non-hydrogen) atoms. The zero-order chi connectivity index (χ0) is 28.6. The molecule has 5 atom stereocenters. The predicted molar refractivity (Wildman–Crippen MR) is 157 cm³/mol. The number of carbonyl (C=O) groups is 3. The zero-order valence-electron chi connectivity index (χ0n) is 23.3. The van der Waals surface area contributed by atoms with E-state index in [1.807, 2.05) is 35.4 Å². The number of piperidine rings is 1. The van der Waals surface area contributed by atoms with Gasteiger partial charge in [-0.15, -0.1) is 0 Å². The van der Waals surface area contributed by atoms with Crippen molar-refractivity contribution < 1.29 is 14.4 Å². The Bertz CT molecular complexity index is 1690. The van der Waals surface area contributed by atoms with Crippen LogP contribution in [0, 0.1) is 21.9 Å². The smallest absolute Gasteiger partial charge is 0.330 e. The fourth-order valence-corrected chi connectivity index (χ4v) is 7.81. The summed E-state index contributed by atoms with van der Waals surface area (Å²) in [5, 5.41) is 2.74. The third kappa shape index (κ3) is 4.17. The Kier molecular flexibility index (Phi) is 6.04. The second-order valence-corrected chi connectivity index (χ2v) is 12.7. The number of hydrogen-bond acceptors (Lipinski definition) is 6. The Hall–Kier alpha value is -3.66. The highest BCUT2D eigenvalue weighted by Gasteiger charge is 2.86. The molecule has 10 heteroatoms. The number of benzene rings is 1. The van der Waals surface area contributed by atoms with Gasteiger partial charge in [-0.2, -0.15) is 0 Å². The zero-order valence-corrected chi connectivity index (χ0v) is 24.1. The molecule has 9 nitrogen and oxygen atoms in total. The Balaban J connectivity index is 1.01. The van der Waals surface area contributed by atoms with Crippen molar-refractivity contribution in [2.75, 3.05) is 6.54 Å². The van der Waals surface area contributed by atoms with E-state index in [4.69, 9.17) is 12.2 Å². The standard InChI is InChI=1S/C31H33N5O4S/c1-34-27-20(28(41)35(2)30(34)40)10-9-19(15-32-27)8-5-17-3-6-18(7-4-17)13-21-23(37)11-12-31-14-22(31)25-26(31)36(25)29(39)33-16-24(21)38/h3-4,6-7,13,15,19,22,25-26H,5,8-12,14,16H2,1-2H3,(H,33,39)/b21-13-. The molecule has 2 amide bonds. The summed E-state index contributed by atoms with van der Waals surface area (Å²) in [5.74, 6) is 0.980. The largest absolute Gasteiger partial charge is 0.331 e. The van der Waals surface area contributed by atoms with Crippen molar-refractivity contribution in [3.05, 3.63) is 61.7 Å². The van der Waals surface area contributed by atoms with Gasteiger partial charge in [0.05, 0.1) is 24.2 Å². The second kappa shape index (κ2) is 9.44. The van der Waals surface area contributed by atoms with E-state index in [-0.39, 0.29) is 52.8 Å². The quantitative estimate of drug-likeness (QED) is 0.262. The molecule has 1 N–H and O–H groups in total. The molecule has 1 aromatic heterocycles. The molecular weight excluding hydrogens is 538 g/mol. The minimum absolute atomic E-state index is 0.116. The first kappa shape index (κ1) is 26.3. The van der Waals surface area contributed by atoms with Crippen molar-refractivity contribution >= 4 is 47.9 Å². The first-order valence-electron chi connectivity index (χ1n) is 14.5. The minimum Gasteiger partial charge on any atom is -0.331 e. The summed E-state index contributed by atoms with van der Waals surface area (Å²) in [6.45, 7) is -0.158. The molecule has 0 bridgehead atoms. The summed E-state index contributed by atoms with van der Waals surface area (Å²) in [6.07, 6.45) is 9.27. The molecule has 2 saturated carbocycles. The van der Waals surface area contributed by atoms with Crippen LogP contribution >= 0.6 is 12.2 Å². The van der Waals surface area contributed by atoms with Crippen LogP contribution in [0.5, 0.6) is 0 Å². The number of ketones is 2. The van der Waals surface area contributed by atoms with E-state index < -0.39 is 0 Å². The van der Waals surface area contributed by atoms with Gasteiger partial charge in [-0.05, 0) is 73.0 Å². The van der Waals surface area contributed by atoms with Crippen molar-refractivity contribution in [1.82, 2.24) is 19.4 Å². The van der Waals surface area contributed by atoms with Gasteiger partial charge in [-0.3, -0.25) is 18.7 Å². The van der Waals surface area contributed by atoms with Crippen LogP contribution in [0.3, 0.4) is 0 Å². The maximum absolute atomic E-state index is 13.2. The van der Waals surface area contributed by atoms with E-state index in [0.717, 1.165) is 55.2 Å². The van der Waals surface area contributed by atoms with Gasteiger partial charge in [0, 0.05) is 32.3 Å². The molecule has 1 spiro atoms.